The van der Waals surface area contributed by atoms with Crippen LogP contribution in [0.1, 0.15) is 52.9 Å². The Bertz CT molecular complexity index is 531. The van der Waals surface area contributed by atoms with E-state index in [2.05, 4.69) is 31.4 Å². The predicted octanol–water partition coefficient (Wildman–Crippen LogP) is 1.63. The van der Waals surface area contributed by atoms with Gasteiger partial charge in [0, 0.05) is 18.6 Å². The fraction of sp³-hybridized carbons (Fsp3) is 0.900. The van der Waals surface area contributed by atoms with Crippen LogP contribution in [-0.2, 0) is 19.1 Å². The predicted molar refractivity (Wildman–Crippen MR) is 96.4 cm³/mol. The molecule has 3 saturated heterocycles. The summed E-state index contributed by atoms with van der Waals surface area (Å²) < 4.78 is 11.6. The summed E-state index contributed by atoms with van der Waals surface area (Å²) in [6, 6.07) is 0.497. The van der Waals surface area contributed by atoms with Gasteiger partial charge in [0.05, 0.1) is 11.8 Å². The minimum atomic E-state index is -0.0690. The molecule has 0 aromatic rings. The molecule has 2 unspecified atom stereocenters. The number of hydrogen-bond acceptors (Lipinski definition) is 6. The quantitative estimate of drug-likeness (QED) is 0.739. The Morgan fingerprint density at radius 3 is 2.04 bits per heavy atom. The van der Waals surface area contributed by atoms with Gasteiger partial charge in [0.15, 0.2) is 0 Å². The van der Waals surface area contributed by atoms with Gasteiger partial charge in [-0.15, -0.1) is 0 Å². The molecule has 6 heteroatoms. The monoisotopic (exact) mass is 364 g/mol. The Labute approximate surface area is 155 Å². The first-order valence-corrected chi connectivity index (χ1v) is 10.2. The number of carbonyl (C=O) groups excluding carboxylic acids is 2. The fourth-order valence-electron chi connectivity index (χ4n) is 5.56. The first-order chi connectivity index (χ1) is 12.4. The minimum absolute atomic E-state index is 0.0213. The van der Waals surface area contributed by atoms with E-state index in [4.69, 9.17) is 9.47 Å². The molecule has 5 rings (SSSR count). The molecule has 5 fully saturated rings. The van der Waals surface area contributed by atoms with Crippen LogP contribution in [0.2, 0.25) is 0 Å². The topological polar surface area (TPSA) is 76.7 Å². The van der Waals surface area contributed by atoms with Crippen molar-refractivity contribution in [2.45, 2.75) is 77.2 Å². The summed E-state index contributed by atoms with van der Waals surface area (Å²) in [7, 11) is 0. The van der Waals surface area contributed by atoms with Gasteiger partial charge in [0.2, 0.25) is 0 Å². The number of rotatable bonds is 4. The summed E-state index contributed by atoms with van der Waals surface area (Å²) in [6.45, 7) is 8.12. The van der Waals surface area contributed by atoms with Gasteiger partial charge in [0.25, 0.3) is 0 Å². The molecule has 2 aliphatic carbocycles. The lowest BCUT2D eigenvalue weighted by Crippen LogP contribution is -2.50. The van der Waals surface area contributed by atoms with E-state index in [0.717, 1.165) is 45.2 Å². The molecular weight excluding hydrogens is 332 g/mol. The molecule has 26 heavy (non-hydrogen) atoms. The van der Waals surface area contributed by atoms with E-state index < -0.39 is 0 Å². The van der Waals surface area contributed by atoms with Crippen LogP contribution in [0.15, 0.2) is 0 Å². The highest BCUT2D eigenvalue weighted by atomic mass is 16.6. The van der Waals surface area contributed by atoms with Crippen molar-refractivity contribution in [2.75, 3.05) is 13.1 Å². The van der Waals surface area contributed by atoms with Crippen molar-refractivity contribution in [3.8, 4) is 0 Å². The van der Waals surface area contributed by atoms with Crippen LogP contribution >= 0.6 is 0 Å². The van der Waals surface area contributed by atoms with Crippen molar-refractivity contribution in [1.29, 1.82) is 0 Å². The molecule has 0 radical (unpaired) electrons. The Morgan fingerprint density at radius 2 is 1.58 bits per heavy atom. The van der Waals surface area contributed by atoms with Crippen molar-refractivity contribution < 1.29 is 19.1 Å². The van der Waals surface area contributed by atoms with Gasteiger partial charge in [-0.25, -0.2) is 0 Å². The van der Waals surface area contributed by atoms with Gasteiger partial charge in [0.1, 0.15) is 12.2 Å². The van der Waals surface area contributed by atoms with Gasteiger partial charge in [-0.05, 0) is 56.9 Å². The fourth-order valence-corrected chi connectivity index (χ4v) is 5.56. The third kappa shape index (κ3) is 3.15. The third-order valence-corrected chi connectivity index (χ3v) is 7.23. The maximum atomic E-state index is 12.5. The van der Waals surface area contributed by atoms with Gasteiger partial charge in [-0.2, -0.15) is 0 Å². The average molecular weight is 364 g/mol. The summed E-state index contributed by atoms with van der Waals surface area (Å²) >= 11 is 0. The average Bonchev–Trinajstić information content (AvgIpc) is 3.22. The van der Waals surface area contributed by atoms with Crippen LogP contribution in [-0.4, -0.2) is 49.3 Å². The van der Waals surface area contributed by atoms with Crippen LogP contribution in [0.25, 0.3) is 0 Å². The summed E-state index contributed by atoms with van der Waals surface area (Å²) in [5, 5.41) is 6.74. The van der Waals surface area contributed by atoms with E-state index >= 15 is 0 Å². The zero-order valence-electron chi connectivity index (χ0n) is 16.1. The molecule has 3 aliphatic heterocycles. The van der Waals surface area contributed by atoms with Gasteiger partial charge >= 0.3 is 11.9 Å². The second kappa shape index (κ2) is 6.79. The standard InChI is InChI=1S/C20H32N2O4/c1-11-9-21-12(2)16(11)18(23)25-13-4-6-14(7-5-13)26-19(24)17-15-8-20(17,3)10-22-15/h11-17,21-22H,4-10H2,1-3H3/t11?,12-,13?,14?,15-,16?,17+,20-/m0/s1. The summed E-state index contributed by atoms with van der Waals surface area (Å²) in [6.07, 6.45) is 4.19. The van der Waals surface area contributed by atoms with Crippen LogP contribution in [0, 0.1) is 23.2 Å². The van der Waals surface area contributed by atoms with Gasteiger partial charge < -0.3 is 20.1 Å². The Balaban J connectivity index is 1.22. The molecular formula is C20H32N2O4. The van der Waals surface area contributed by atoms with Crippen molar-refractivity contribution in [3.63, 3.8) is 0 Å². The minimum Gasteiger partial charge on any atom is -0.462 e. The lowest BCUT2D eigenvalue weighted by atomic mass is 9.62. The molecule has 6 nitrogen and oxygen atoms in total. The maximum Gasteiger partial charge on any atom is 0.311 e. The molecule has 0 aromatic carbocycles. The van der Waals surface area contributed by atoms with Crippen molar-refractivity contribution >= 4 is 11.9 Å². The molecule has 0 aromatic heterocycles. The van der Waals surface area contributed by atoms with Gasteiger partial charge in [-0.1, -0.05) is 13.8 Å². The second-order valence-corrected chi connectivity index (χ2v) is 9.30. The number of hydrogen-bond donors (Lipinski definition) is 2. The summed E-state index contributed by atoms with van der Waals surface area (Å²) in [5.74, 6) is 0.195. The van der Waals surface area contributed by atoms with Crippen molar-refractivity contribution in [1.82, 2.24) is 10.6 Å². The first kappa shape index (κ1) is 18.2. The molecule has 3 heterocycles. The molecule has 2 bridgehead atoms. The second-order valence-electron chi connectivity index (χ2n) is 9.30. The largest absolute Gasteiger partial charge is 0.462 e. The third-order valence-electron chi connectivity index (χ3n) is 7.23. The first-order valence-electron chi connectivity index (χ1n) is 10.2. The molecule has 146 valence electrons. The van der Waals surface area contributed by atoms with E-state index in [1.54, 1.807) is 0 Å². The highest BCUT2D eigenvalue weighted by Crippen LogP contribution is 2.52. The van der Waals surface area contributed by atoms with Crippen LogP contribution in [0.4, 0.5) is 0 Å². The number of esters is 2. The highest BCUT2D eigenvalue weighted by Gasteiger charge is 2.60. The highest BCUT2D eigenvalue weighted by molar-refractivity contribution is 5.77. The SMILES string of the molecule is CC1CN[C@@H](C)C1C(=O)OC1CCC(OC(=O)[C@H]2[C@@H]3C[C@@]2(C)CN3)CC1. The molecule has 0 amide bonds. The number of nitrogens with one attached hydrogen (secondary N) is 2. The number of fused-ring (bicyclic) bond motifs is 1. The zero-order valence-corrected chi connectivity index (χ0v) is 16.1. The van der Waals surface area contributed by atoms with Gasteiger partial charge in [-0.3, -0.25) is 9.59 Å². The maximum absolute atomic E-state index is 12.5. The van der Waals surface area contributed by atoms with Crippen LogP contribution < -0.4 is 10.6 Å². The Morgan fingerprint density at radius 1 is 0.962 bits per heavy atom. The molecule has 5 aliphatic rings. The summed E-state index contributed by atoms with van der Waals surface area (Å²) in [4.78, 5) is 25.0. The number of ether oxygens (including phenoxy) is 2. The lowest BCUT2D eigenvalue weighted by Gasteiger charge is -2.42. The van der Waals surface area contributed by atoms with Crippen LogP contribution in [0.5, 0.6) is 0 Å². The van der Waals surface area contributed by atoms with E-state index in [1.807, 2.05) is 0 Å². The molecule has 2 saturated carbocycles. The van der Waals surface area contributed by atoms with E-state index in [9.17, 15) is 9.59 Å². The van der Waals surface area contributed by atoms with Crippen molar-refractivity contribution in [3.05, 3.63) is 0 Å². The van der Waals surface area contributed by atoms with E-state index in [0.29, 0.717) is 12.0 Å². The van der Waals surface area contributed by atoms with E-state index in [1.165, 1.54) is 0 Å². The number of carbonyl (C=O) groups is 2. The molecule has 6 atom stereocenters. The zero-order chi connectivity index (χ0) is 18.5. The summed E-state index contributed by atoms with van der Waals surface area (Å²) in [5.41, 5.74) is 0.0944. The smallest absolute Gasteiger partial charge is 0.311 e. The van der Waals surface area contributed by atoms with Crippen molar-refractivity contribution in [2.24, 2.45) is 23.2 Å². The molecule has 0 spiro atoms. The Hall–Kier alpha value is -1.14. The lowest BCUT2D eigenvalue weighted by molar-refractivity contribution is -0.169. The van der Waals surface area contributed by atoms with E-state index in [-0.39, 0.29) is 47.4 Å². The normalized spacial score (nSPS) is 47.3. The molecule has 2 N–H and O–H groups in total. The van der Waals surface area contributed by atoms with Crippen LogP contribution in [0.3, 0.4) is 0 Å². The Kier molecular flexibility index (Phi) is 4.76.